The van der Waals surface area contributed by atoms with Crippen molar-refractivity contribution in [1.82, 2.24) is 9.80 Å². The Morgan fingerprint density at radius 1 is 1.14 bits per heavy atom. The second kappa shape index (κ2) is 7.94. The van der Waals surface area contributed by atoms with Crippen LogP contribution in [0.2, 0.25) is 0 Å². The third-order valence-electron chi connectivity index (χ3n) is 6.38. The largest absolute Gasteiger partial charge is 0.338 e. The van der Waals surface area contributed by atoms with Gasteiger partial charge in [0.15, 0.2) is 0 Å². The van der Waals surface area contributed by atoms with Crippen LogP contribution in [0.3, 0.4) is 0 Å². The van der Waals surface area contributed by atoms with Crippen LogP contribution in [-0.4, -0.2) is 46.8 Å². The van der Waals surface area contributed by atoms with Crippen LogP contribution in [0.5, 0.6) is 0 Å². The Morgan fingerprint density at radius 2 is 1.93 bits per heavy atom. The maximum Gasteiger partial charge on any atom is 0.251 e. The molecular weight excluding hydrogens is 348 g/mol. The summed E-state index contributed by atoms with van der Waals surface area (Å²) in [4.78, 5) is 30.0. The van der Waals surface area contributed by atoms with E-state index < -0.39 is 0 Å². The zero-order valence-electron chi connectivity index (χ0n) is 17.0. The van der Waals surface area contributed by atoms with Crippen molar-refractivity contribution < 1.29 is 9.59 Å². The van der Waals surface area contributed by atoms with Crippen LogP contribution in [0.15, 0.2) is 47.6 Å². The first-order valence-electron chi connectivity index (χ1n) is 10.6. The van der Waals surface area contributed by atoms with Crippen molar-refractivity contribution in [1.29, 1.82) is 0 Å². The molecule has 2 heterocycles. The van der Waals surface area contributed by atoms with E-state index in [0.29, 0.717) is 6.54 Å². The van der Waals surface area contributed by atoms with Crippen molar-refractivity contribution in [2.75, 3.05) is 13.1 Å². The van der Waals surface area contributed by atoms with Crippen molar-refractivity contribution in [3.05, 3.63) is 53.1 Å². The van der Waals surface area contributed by atoms with Gasteiger partial charge in [-0.1, -0.05) is 42.8 Å². The van der Waals surface area contributed by atoms with Gasteiger partial charge in [0.05, 0.1) is 12.5 Å². The smallest absolute Gasteiger partial charge is 0.251 e. The fourth-order valence-corrected chi connectivity index (χ4v) is 4.94. The van der Waals surface area contributed by atoms with Crippen LogP contribution in [0.4, 0.5) is 0 Å². The molecule has 0 saturated heterocycles. The van der Waals surface area contributed by atoms with Crippen LogP contribution < -0.4 is 0 Å². The third-order valence-corrected chi connectivity index (χ3v) is 6.38. The Morgan fingerprint density at radius 3 is 2.61 bits per heavy atom. The Hall–Kier alpha value is -2.36. The number of hydrogen-bond acceptors (Lipinski definition) is 2. The quantitative estimate of drug-likeness (QED) is 0.788. The molecule has 0 N–H and O–H groups in total. The summed E-state index contributed by atoms with van der Waals surface area (Å²) in [5.74, 6) is 0.192. The van der Waals surface area contributed by atoms with Gasteiger partial charge >= 0.3 is 0 Å². The molecule has 0 bridgehead atoms. The SMILES string of the molecule is CC(C)N1C(=O)C(CC(=O)N2CC=C(c3ccccc3)CC2)=C2CCCCC21. The van der Waals surface area contributed by atoms with E-state index in [1.165, 1.54) is 23.1 Å². The lowest BCUT2D eigenvalue weighted by atomic mass is 9.88. The maximum atomic E-state index is 13.1. The first-order chi connectivity index (χ1) is 13.6. The van der Waals surface area contributed by atoms with Gasteiger partial charge in [0.2, 0.25) is 5.91 Å². The fraction of sp³-hybridized carbons (Fsp3) is 0.500. The van der Waals surface area contributed by atoms with E-state index in [4.69, 9.17) is 0 Å². The lowest BCUT2D eigenvalue weighted by molar-refractivity contribution is -0.133. The van der Waals surface area contributed by atoms with Gasteiger partial charge in [0.25, 0.3) is 5.91 Å². The highest BCUT2D eigenvalue weighted by atomic mass is 16.2. The highest BCUT2D eigenvalue weighted by Crippen LogP contribution is 2.39. The monoisotopic (exact) mass is 378 g/mol. The summed E-state index contributed by atoms with van der Waals surface area (Å²) in [5, 5.41) is 0. The molecule has 1 saturated carbocycles. The lowest BCUT2D eigenvalue weighted by Gasteiger charge is -2.33. The molecule has 1 aromatic carbocycles. The summed E-state index contributed by atoms with van der Waals surface area (Å²) in [7, 11) is 0. The number of nitrogens with zero attached hydrogens (tertiary/aromatic N) is 2. The highest BCUT2D eigenvalue weighted by Gasteiger charge is 2.41. The molecule has 1 atom stereocenters. The van der Waals surface area contributed by atoms with E-state index in [0.717, 1.165) is 37.8 Å². The van der Waals surface area contributed by atoms with Crippen LogP contribution in [0, 0.1) is 0 Å². The molecule has 4 rings (SSSR count). The van der Waals surface area contributed by atoms with E-state index in [-0.39, 0.29) is 30.3 Å². The molecule has 4 heteroatoms. The van der Waals surface area contributed by atoms with Gasteiger partial charge < -0.3 is 9.80 Å². The number of carbonyl (C=O) groups excluding carboxylic acids is 2. The average molecular weight is 379 g/mol. The normalized spacial score (nSPS) is 22.6. The van der Waals surface area contributed by atoms with E-state index >= 15 is 0 Å². The zero-order valence-corrected chi connectivity index (χ0v) is 17.0. The zero-order chi connectivity index (χ0) is 19.7. The fourth-order valence-electron chi connectivity index (χ4n) is 4.94. The molecule has 2 aliphatic heterocycles. The average Bonchev–Trinajstić information content (AvgIpc) is 3.00. The second-order valence-electron chi connectivity index (χ2n) is 8.43. The number of hydrogen-bond donors (Lipinski definition) is 0. The summed E-state index contributed by atoms with van der Waals surface area (Å²) in [6.45, 7) is 5.52. The maximum absolute atomic E-state index is 13.1. The molecule has 0 spiro atoms. The van der Waals surface area contributed by atoms with Gasteiger partial charge in [-0.25, -0.2) is 0 Å². The molecular formula is C24H30N2O2. The summed E-state index contributed by atoms with van der Waals surface area (Å²) < 4.78 is 0. The van der Waals surface area contributed by atoms with Crippen molar-refractivity contribution in [2.24, 2.45) is 0 Å². The summed E-state index contributed by atoms with van der Waals surface area (Å²) >= 11 is 0. The van der Waals surface area contributed by atoms with Crippen LogP contribution in [-0.2, 0) is 9.59 Å². The number of benzene rings is 1. The molecule has 4 nitrogen and oxygen atoms in total. The number of amides is 2. The Kier molecular flexibility index (Phi) is 5.38. The molecule has 0 radical (unpaired) electrons. The molecule has 1 aliphatic carbocycles. The molecule has 1 aromatic rings. The number of carbonyl (C=O) groups is 2. The molecule has 28 heavy (non-hydrogen) atoms. The van der Waals surface area contributed by atoms with Gasteiger partial charge in [0.1, 0.15) is 0 Å². The summed E-state index contributed by atoms with van der Waals surface area (Å²) in [5.41, 5.74) is 4.59. The summed E-state index contributed by atoms with van der Waals surface area (Å²) in [6.07, 6.45) is 7.62. The van der Waals surface area contributed by atoms with E-state index in [9.17, 15) is 9.59 Å². The van der Waals surface area contributed by atoms with Crippen molar-refractivity contribution >= 4 is 17.4 Å². The second-order valence-corrected chi connectivity index (χ2v) is 8.43. The molecule has 2 amide bonds. The number of rotatable bonds is 4. The van der Waals surface area contributed by atoms with Crippen LogP contribution in [0.25, 0.3) is 5.57 Å². The van der Waals surface area contributed by atoms with Gasteiger partial charge in [-0.3, -0.25) is 9.59 Å². The van der Waals surface area contributed by atoms with E-state index in [1.807, 2.05) is 28.0 Å². The van der Waals surface area contributed by atoms with Crippen molar-refractivity contribution in [3.63, 3.8) is 0 Å². The Balaban J connectivity index is 1.46. The van der Waals surface area contributed by atoms with Crippen LogP contribution >= 0.6 is 0 Å². The van der Waals surface area contributed by atoms with Gasteiger partial charge in [-0.15, -0.1) is 0 Å². The van der Waals surface area contributed by atoms with E-state index in [1.54, 1.807) is 0 Å². The first kappa shape index (κ1) is 19.0. The van der Waals surface area contributed by atoms with E-state index in [2.05, 4.69) is 32.1 Å². The van der Waals surface area contributed by atoms with Crippen molar-refractivity contribution in [3.8, 4) is 0 Å². The Labute approximate surface area is 167 Å². The molecule has 148 valence electrons. The standard InChI is InChI=1S/C24H30N2O2/c1-17(2)26-22-11-7-6-10-20(22)21(24(26)28)16-23(27)25-14-12-19(13-15-25)18-8-4-3-5-9-18/h3-5,8-9,12,17,22H,6-7,10-11,13-16H2,1-2H3. The number of fused-ring (bicyclic) bond motifs is 1. The van der Waals surface area contributed by atoms with Crippen molar-refractivity contribution in [2.45, 2.75) is 64.5 Å². The predicted molar refractivity (Wildman–Crippen MR) is 111 cm³/mol. The minimum Gasteiger partial charge on any atom is -0.338 e. The molecule has 3 aliphatic rings. The van der Waals surface area contributed by atoms with Gasteiger partial charge in [0, 0.05) is 24.7 Å². The van der Waals surface area contributed by atoms with Crippen LogP contribution in [0.1, 0.15) is 57.9 Å². The predicted octanol–water partition coefficient (Wildman–Crippen LogP) is 4.18. The summed E-state index contributed by atoms with van der Waals surface area (Å²) in [6, 6.07) is 10.8. The van der Waals surface area contributed by atoms with Gasteiger partial charge in [-0.2, -0.15) is 0 Å². The Bertz CT molecular complexity index is 822. The molecule has 0 aromatic heterocycles. The highest BCUT2D eigenvalue weighted by molar-refractivity contribution is 6.02. The minimum atomic E-state index is 0.0918. The topological polar surface area (TPSA) is 40.6 Å². The minimum absolute atomic E-state index is 0.0918. The third kappa shape index (κ3) is 3.52. The lowest BCUT2D eigenvalue weighted by Crippen LogP contribution is -2.42. The molecule has 1 fully saturated rings. The van der Waals surface area contributed by atoms with Gasteiger partial charge in [-0.05, 0) is 56.2 Å². The first-order valence-corrected chi connectivity index (χ1v) is 10.6. The molecule has 1 unspecified atom stereocenters.